The molecule has 26 heavy (non-hydrogen) atoms. The fraction of sp³-hybridized carbons (Fsp3) is 0.278. The minimum absolute atomic E-state index is 0.110. The molecule has 8 nitrogen and oxygen atoms in total. The van der Waals surface area contributed by atoms with Gasteiger partial charge in [0.15, 0.2) is 5.65 Å². The third-order valence-electron chi connectivity index (χ3n) is 4.12. The number of nitrogens with two attached hydrogens (primary N) is 2. The van der Waals surface area contributed by atoms with E-state index in [0.29, 0.717) is 18.0 Å². The highest BCUT2D eigenvalue weighted by Crippen LogP contribution is 2.27. The van der Waals surface area contributed by atoms with Crippen LogP contribution in [0, 0.1) is 6.92 Å². The predicted octanol–water partition coefficient (Wildman–Crippen LogP) is 2.15. The van der Waals surface area contributed by atoms with Gasteiger partial charge < -0.3 is 25.8 Å². The van der Waals surface area contributed by atoms with Crippen LogP contribution in [0.25, 0.3) is 11.0 Å². The maximum absolute atomic E-state index is 5.96. The summed E-state index contributed by atoms with van der Waals surface area (Å²) in [6, 6.07) is 7.72. The van der Waals surface area contributed by atoms with Gasteiger partial charge in [-0.1, -0.05) is 0 Å². The Morgan fingerprint density at radius 2 is 1.62 bits per heavy atom. The van der Waals surface area contributed by atoms with Crippen LogP contribution in [0.2, 0.25) is 0 Å². The van der Waals surface area contributed by atoms with Gasteiger partial charge >= 0.3 is 0 Å². The second kappa shape index (κ2) is 6.91. The van der Waals surface area contributed by atoms with Gasteiger partial charge in [-0.05, 0) is 36.2 Å². The molecular weight excluding hydrogens is 332 g/mol. The third kappa shape index (κ3) is 3.39. The molecule has 0 radical (unpaired) electrons. The van der Waals surface area contributed by atoms with Crippen LogP contribution in [0.4, 0.5) is 17.6 Å². The zero-order valence-electron chi connectivity index (χ0n) is 15.3. The summed E-state index contributed by atoms with van der Waals surface area (Å²) in [4.78, 5) is 14.8. The molecule has 0 spiro atoms. The number of hydrogen-bond donors (Lipinski definition) is 2. The van der Waals surface area contributed by atoms with Gasteiger partial charge in [-0.15, -0.1) is 0 Å². The minimum Gasteiger partial charge on any atom is -0.497 e. The molecule has 3 rings (SSSR count). The van der Waals surface area contributed by atoms with Crippen molar-refractivity contribution in [3.63, 3.8) is 0 Å². The van der Waals surface area contributed by atoms with Crippen LogP contribution < -0.4 is 25.8 Å². The van der Waals surface area contributed by atoms with Crippen molar-refractivity contribution in [3.05, 3.63) is 35.4 Å². The van der Waals surface area contributed by atoms with E-state index in [0.717, 1.165) is 33.8 Å². The second-order valence-corrected chi connectivity index (χ2v) is 6.04. The molecule has 2 aromatic heterocycles. The van der Waals surface area contributed by atoms with E-state index in [1.165, 1.54) is 0 Å². The molecule has 0 aliphatic carbocycles. The van der Waals surface area contributed by atoms with Crippen LogP contribution >= 0.6 is 0 Å². The SMILES string of the molecule is COc1cc(CN(C)c2cc(C)c3c(N)nc(N)nc3n2)cc(OC)c1. The Balaban J connectivity index is 1.96. The monoisotopic (exact) mass is 354 g/mol. The molecule has 0 bridgehead atoms. The maximum atomic E-state index is 5.96. The number of pyridine rings is 1. The number of fused-ring (bicyclic) bond motifs is 1. The van der Waals surface area contributed by atoms with Crippen LogP contribution in [0.3, 0.4) is 0 Å². The molecule has 136 valence electrons. The molecule has 8 heteroatoms. The third-order valence-corrected chi connectivity index (χ3v) is 4.12. The molecule has 0 aliphatic heterocycles. The Morgan fingerprint density at radius 1 is 0.962 bits per heavy atom. The summed E-state index contributed by atoms with van der Waals surface area (Å²) in [5.74, 6) is 2.69. The lowest BCUT2D eigenvalue weighted by Crippen LogP contribution is -2.18. The molecule has 1 aromatic carbocycles. The van der Waals surface area contributed by atoms with Gasteiger partial charge in [-0.3, -0.25) is 0 Å². The number of methoxy groups -OCH3 is 2. The number of nitrogen functional groups attached to an aromatic ring is 2. The van der Waals surface area contributed by atoms with Gasteiger partial charge in [-0.25, -0.2) is 4.98 Å². The van der Waals surface area contributed by atoms with E-state index >= 15 is 0 Å². The zero-order chi connectivity index (χ0) is 18.8. The van der Waals surface area contributed by atoms with E-state index in [9.17, 15) is 0 Å². The van der Waals surface area contributed by atoms with Gasteiger partial charge in [0.1, 0.15) is 23.1 Å². The largest absolute Gasteiger partial charge is 0.497 e. The normalized spacial score (nSPS) is 10.8. The molecule has 0 amide bonds. The highest BCUT2D eigenvalue weighted by molar-refractivity contribution is 5.90. The van der Waals surface area contributed by atoms with Crippen LogP contribution in [0.5, 0.6) is 11.5 Å². The summed E-state index contributed by atoms with van der Waals surface area (Å²) in [6.45, 7) is 2.56. The van der Waals surface area contributed by atoms with Crippen molar-refractivity contribution in [3.8, 4) is 11.5 Å². The number of nitrogens with zero attached hydrogens (tertiary/aromatic N) is 4. The smallest absolute Gasteiger partial charge is 0.224 e. The van der Waals surface area contributed by atoms with Crippen molar-refractivity contribution in [2.24, 2.45) is 0 Å². The first kappa shape index (κ1) is 17.5. The average Bonchev–Trinajstić information content (AvgIpc) is 2.60. The highest BCUT2D eigenvalue weighted by Gasteiger charge is 2.13. The first-order valence-corrected chi connectivity index (χ1v) is 8.04. The maximum Gasteiger partial charge on any atom is 0.224 e. The Kier molecular flexibility index (Phi) is 4.66. The minimum atomic E-state index is 0.110. The molecule has 0 aliphatic rings. The van der Waals surface area contributed by atoms with Crippen molar-refractivity contribution in [1.29, 1.82) is 0 Å². The Labute approximate surface area is 151 Å². The fourth-order valence-corrected chi connectivity index (χ4v) is 2.86. The van der Waals surface area contributed by atoms with Crippen molar-refractivity contribution in [2.75, 3.05) is 37.6 Å². The Bertz CT molecular complexity index is 938. The van der Waals surface area contributed by atoms with Crippen LogP contribution in [0.15, 0.2) is 24.3 Å². The lowest BCUT2D eigenvalue weighted by atomic mass is 10.1. The van der Waals surface area contributed by atoms with Crippen molar-refractivity contribution in [1.82, 2.24) is 15.0 Å². The molecule has 0 fully saturated rings. The summed E-state index contributed by atoms with van der Waals surface area (Å²) in [5, 5.41) is 0.722. The van der Waals surface area contributed by atoms with Gasteiger partial charge in [0.2, 0.25) is 5.95 Å². The molecular formula is C18H22N6O2. The van der Waals surface area contributed by atoms with E-state index < -0.39 is 0 Å². The van der Waals surface area contributed by atoms with E-state index in [-0.39, 0.29) is 5.95 Å². The molecule has 0 unspecified atom stereocenters. The first-order chi connectivity index (χ1) is 12.4. The van der Waals surface area contributed by atoms with Gasteiger partial charge in [0.05, 0.1) is 19.6 Å². The van der Waals surface area contributed by atoms with Gasteiger partial charge in [-0.2, -0.15) is 9.97 Å². The number of ether oxygens (including phenoxy) is 2. The van der Waals surface area contributed by atoms with Crippen LogP contribution in [0.1, 0.15) is 11.1 Å². The predicted molar refractivity (Wildman–Crippen MR) is 103 cm³/mol. The summed E-state index contributed by atoms with van der Waals surface area (Å²) < 4.78 is 10.7. The van der Waals surface area contributed by atoms with Gasteiger partial charge in [0.25, 0.3) is 0 Å². The quantitative estimate of drug-likeness (QED) is 0.717. The van der Waals surface area contributed by atoms with E-state index in [2.05, 4.69) is 15.0 Å². The fourth-order valence-electron chi connectivity index (χ4n) is 2.86. The van der Waals surface area contributed by atoms with Crippen molar-refractivity contribution >= 4 is 28.6 Å². The first-order valence-electron chi connectivity index (χ1n) is 8.04. The lowest BCUT2D eigenvalue weighted by molar-refractivity contribution is 0.393. The lowest BCUT2D eigenvalue weighted by Gasteiger charge is -2.20. The number of anilines is 3. The molecule has 2 heterocycles. The number of hydrogen-bond acceptors (Lipinski definition) is 8. The average molecular weight is 354 g/mol. The zero-order valence-corrected chi connectivity index (χ0v) is 15.3. The highest BCUT2D eigenvalue weighted by atomic mass is 16.5. The van der Waals surface area contributed by atoms with E-state index in [4.69, 9.17) is 20.9 Å². The summed E-state index contributed by atoms with van der Waals surface area (Å²) in [5.41, 5.74) is 14.1. The Hall–Kier alpha value is -3.29. The van der Waals surface area contributed by atoms with Gasteiger partial charge in [0, 0.05) is 19.7 Å². The number of rotatable bonds is 5. The number of aryl methyl sites for hydroxylation is 1. The van der Waals surface area contributed by atoms with Crippen molar-refractivity contribution in [2.45, 2.75) is 13.5 Å². The molecule has 0 atom stereocenters. The molecule has 0 saturated carbocycles. The van der Waals surface area contributed by atoms with E-state index in [1.54, 1.807) is 14.2 Å². The molecule has 4 N–H and O–H groups in total. The summed E-state index contributed by atoms with van der Waals surface area (Å²) >= 11 is 0. The summed E-state index contributed by atoms with van der Waals surface area (Å²) in [6.07, 6.45) is 0. The van der Waals surface area contributed by atoms with E-state index in [1.807, 2.05) is 43.1 Å². The standard InChI is InChI=1S/C18H22N6O2/c1-10-5-14(21-17-15(10)16(19)22-18(20)23-17)24(2)9-11-6-12(25-3)8-13(7-11)26-4/h5-8H,9H2,1-4H3,(H4,19,20,21,22,23). The molecule has 0 saturated heterocycles. The molecule has 3 aromatic rings. The van der Waals surface area contributed by atoms with Crippen molar-refractivity contribution < 1.29 is 9.47 Å². The van der Waals surface area contributed by atoms with Crippen LogP contribution in [-0.4, -0.2) is 36.2 Å². The number of aromatic nitrogens is 3. The topological polar surface area (TPSA) is 112 Å². The summed E-state index contributed by atoms with van der Waals surface area (Å²) in [7, 11) is 5.21. The van der Waals surface area contributed by atoms with Crippen LogP contribution in [-0.2, 0) is 6.54 Å². The Morgan fingerprint density at radius 3 is 2.23 bits per heavy atom. The second-order valence-electron chi connectivity index (χ2n) is 6.04. The number of benzene rings is 1.